The van der Waals surface area contributed by atoms with Crippen LogP contribution in [0.4, 0.5) is 4.79 Å². The van der Waals surface area contributed by atoms with Crippen molar-refractivity contribution in [3.8, 4) is 11.6 Å². The number of rotatable bonds is 10. The Bertz CT molecular complexity index is 1270. The molecule has 41 heavy (non-hydrogen) atoms. The number of ether oxygens (including phenoxy) is 3. The zero-order chi connectivity index (χ0) is 29.9. The van der Waals surface area contributed by atoms with E-state index in [1.165, 1.54) is 4.90 Å². The first-order valence-corrected chi connectivity index (χ1v) is 14.3. The van der Waals surface area contributed by atoms with Gasteiger partial charge in [-0.15, -0.1) is 0 Å². The molecule has 1 aromatic heterocycles. The van der Waals surface area contributed by atoms with Crippen molar-refractivity contribution in [3.63, 3.8) is 0 Å². The Labute approximate surface area is 240 Å². The molecule has 2 fully saturated rings. The van der Waals surface area contributed by atoms with Gasteiger partial charge in [0, 0.05) is 23.5 Å². The lowest BCUT2D eigenvalue weighted by Crippen LogP contribution is -2.55. The zero-order valence-electron chi connectivity index (χ0n) is 24.7. The number of hydrogen-bond donors (Lipinski definition) is 3. The standard InChI is InChI=1S/C30H42N4O7/c1-7-8-23(25(35)27(37)32-19-9-10-19)33-26(36)24-15-21(16-34(24)29(38)41-30(3,4)5)40-28-22-12-11-20(39-6)14-18(22)13-17(2)31-28/h11-14,19,21,23-25,35H,7-10,15-16H2,1-6H3,(H,32,37)(H,33,36)/t21-,23+,24+,25?/m1/s1. The number of carbonyl (C=O) groups is 3. The van der Waals surface area contributed by atoms with Crippen molar-refractivity contribution in [3.05, 3.63) is 30.0 Å². The van der Waals surface area contributed by atoms with E-state index in [1.807, 2.05) is 38.1 Å². The number of aliphatic hydroxyl groups excluding tert-OH is 1. The smallest absolute Gasteiger partial charge is 0.411 e. The number of benzene rings is 1. The van der Waals surface area contributed by atoms with Crippen molar-refractivity contribution < 1.29 is 33.7 Å². The highest BCUT2D eigenvalue weighted by atomic mass is 16.6. The summed E-state index contributed by atoms with van der Waals surface area (Å²) in [7, 11) is 1.60. The van der Waals surface area contributed by atoms with Gasteiger partial charge in [-0.3, -0.25) is 14.5 Å². The molecule has 1 aliphatic carbocycles. The van der Waals surface area contributed by atoms with Crippen LogP contribution in [0.3, 0.4) is 0 Å². The van der Waals surface area contributed by atoms with E-state index in [0.717, 1.165) is 29.3 Å². The highest BCUT2D eigenvalue weighted by Gasteiger charge is 2.44. The molecule has 1 aromatic carbocycles. The second-order valence-corrected chi connectivity index (χ2v) is 11.9. The average Bonchev–Trinajstić information content (AvgIpc) is 3.61. The van der Waals surface area contributed by atoms with Gasteiger partial charge in [-0.1, -0.05) is 13.3 Å². The predicted octanol–water partition coefficient (Wildman–Crippen LogP) is 3.23. The van der Waals surface area contributed by atoms with E-state index in [4.69, 9.17) is 14.2 Å². The first-order chi connectivity index (χ1) is 19.4. The van der Waals surface area contributed by atoms with E-state index in [9.17, 15) is 19.5 Å². The molecular formula is C30H42N4O7. The van der Waals surface area contributed by atoms with E-state index < -0.39 is 47.8 Å². The molecule has 0 bridgehead atoms. The van der Waals surface area contributed by atoms with Crippen LogP contribution in [-0.2, 0) is 14.3 Å². The van der Waals surface area contributed by atoms with Gasteiger partial charge in [0.1, 0.15) is 23.5 Å². The van der Waals surface area contributed by atoms with Crippen LogP contribution < -0.4 is 20.1 Å². The van der Waals surface area contributed by atoms with E-state index in [-0.39, 0.29) is 19.0 Å². The summed E-state index contributed by atoms with van der Waals surface area (Å²) in [6.45, 7) is 9.14. The van der Waals surface area contributed by atoms with Gasteiger partial charge in [0.2, 0.25) is 11.8 Å². The van der Waals surface area contributed by atoms with Gasteiger partial charge in [-0.05, 0) is 76.6 Å². The maximum atomic E-state index is 13.6. The lowest BCUT2D eigenvalue weighted by Gasteiger charge is -2.29. The molecule has 11 heteroatoms. The summed E-state index contributed by atoms with van der Waals surface area (Å²) in [5, 5.41) is 18.0. The van der Waals surface area contributed by atoms with Gasteiger partial charge in [0.05, 0.1) is 19.7 Å². The molecule has 1 unspecified atom stereocenters. The molecule has 3 N–H and O–H groups in total. The molecule has 1 saturated carbocycles. The summed E-state index contributed by atoms with van der Waals surface area (Å²) in [6, 6.07) is 5.87. The fraction of sp³-hybridized carbons (Fsp3) is 0.600. The number of nitrogens with one attached hydrogen (secondary N) is 2. The quantitative estimate of drug-likeness (QED) is 0.396. The lowest BCUT2D eigenvalue weighted by molar-refractivity contribution is -0.133. The molecule has 224 valence electrons. The number of fused-ring (bicyclic) bond motifs is 1. The van der Waals surface area contributed by atoms with Gasteiger partial charge >= 0.3 is 6.09 Å². The second kappa shape index (κ2) is 12.5. The third-order valence-electron chi connectivity index (χ3n) is 7.10. The van der Waals surface area contributed by atoms with Crippen molar-refractivity contribution >= 4 is 28.7 Å². The molecule has 2 heterocycles. The maximum Gasteiger partial charge on any atom is 0.411 e. The predicted molar refractivity (Wildman–Crippen MR) is 153 cm³/mol. The minimum Gasteiger partial charge on any atom is -0.497 e. The van der Waals surface area contributed by atoms with Gasteiger partial charge in [-0.25, -0.2) is 9.78 Å². The van der Waals surface area contributed by atoms with Crippen LogP contribution >= 0.6 is 0 Å². The van der Waals surface area contributed by atoms with E-state index in [2.05, 4.69) is 15.6 Å². The van der Waals surface area contributed by atoms with Crippen molar-refractivity contribution in [2.24, 2.45) is 0 Å². The van der Waals surface area contributed by atoms with E-state index in [0.29, 0.717) is 24.5 Å². The number of aliphatic hydroxyl groups is 1. The summed E-state index contributed by atoms with van der Waals surface area (Å²) >= 11 is 0. The second-order valence-electron chi connectivity index (χ2n) is 11.9. The number of aromatic nitrogens is 1. The van der Waals surface area contributed by atoms with Crippen LogP contribution in [0.25, 0.3) is 10.8 Å². The molecule has 1 saturated heterocycles. The Kier molecular flexibility index (Phi) is 9.26. The van der Waals surface area contributed by atoms with Crippen molar-refractivity contribution in [1.29, 1.82) is 0 Å². The number of amides is 3. The highest BCUT2D eigenvalue weighted by Crippen LogP contribution is 2.31. The molecule has 2 aromatic rings. The van der Waals surface area contributed by atoms with Crippen LogP contribution in [0.5, 0.6) is 11.6 Å². The summed E-state index contributed by atoms with van der Waals surface area (Å²) in [5.74, 6) is 0.119. The minimum atomic E-state index is -1.40. The van der Waals surface area contributed by atoms with E-state index >= 15 is 0 Å². The minimum absolute atomic E-state index is 0.0814. The number of nitrogens with zero attached hydrogens (tertiary/aromatic N) is 2. The third-order valence-corrected chi connectivity index (χ3v) is 7.10. The van der Waals surface area contributed by atoms with Crippen molar-refractivity contribution in [2.45, 2.75) is 103 Å². The molecule has 0 spiro atoms. The number of carbonyl (C=O) groups excluding carboxylic acids is 3. The fourth-order valence-corrected chi connectivity index (χ4v) is 4.96. The Morgan fingerprint density at radius 1 is 1.20 bits per heavy atom. The molecule has 11 nitrogen and oxygen atoms in total. The fourth-order valence-electron chi connectivity index (χ4n) is 4.96. The molecular weight excluding hydrogens is 528 g/mol. The topological polar surface area (TPSA) is 139 Å². The Morgan fingerprint density at radius 3 is 2.56 bits per heavy atom. The highest BCUT2D eigenvalue weighted by molar-refractivity contribution is 5.89. The number of likely N-dealkylation sites (tertiary alicyclic amines) is 1. The number of pyridine rings is 1. The summed E-state index contributed by atoms with van der Waals surface area (Å²) in [6.07, 6.45) is 0.394. The first-order valence-electron chi connectivity index (χ1n) is 14.3. The first kappa shape index (κ1) is 30.4. The molecule has 3 amide bonds. The Hall–Kier alpha value is -3.60. The van der Waals surface area contributed by atoms with Crippen LogP contribution in [0.15, 0.2) is 24.3 Å². The monoisotopic (exact) mass is 570 g/mol. The van der Waals surface area contributed by atoms with E-state index in [1.54, 1.807) is 27.9 Å². The molecule has 1 aliphatic heterocycles. The van der Waals surface area contributed by atoms with Crippen LogP contribution in [0.2, 0.25) is 0 Å². The van der Waals surface area contributed by atoms with Crippen molar-refractivity contribution in [1.82, 2.24) is 20.5 Å². The Morgan fingerprint density at radius 2 is 1.93 bits per heavy atom. The largest absolute Gasteiger partial charge is 0.497 e. The summed E-state index contributed by atoms with van der Waals surface area (Å²) in [5.41, 5.74) is -0.0235. The van der Waals surface area contributed by atoms with Crippen LogP contribution in [-0.4, -0.2) is 82.5 Å². The summed E-state index contributed by atoms with van der Waals surface area (Å²) in [4.78, 5) is 45.3. The number of methoxy groups -OCH3 is 1. The van der Waals surface area contributed by atoms with Crippen LogP contribution in [0.1, 0.15) is 65.5 Å². The Balaban J connectivity index is 1.55. The SMILES string of the molecule is CCC[C@H](NC(=O)[C@@H]1C[C@@H](Oc2nc(C)cc3cc(OC)ccc23)CN1C(=O)OC(C)(C)C)C(O)C(=O)NC1CC1. The average molecular weight is 571 g/mol. The van der Waals surface area contributed by atoms with Gasteiger partial charge in [-0.2, -0.15) is 0 Å². The van der Waals surface area contributed by atoms with Gasteiger partial charge in [0.25, 0.3) is 5.91 Å². The normalized spacial score (nSPS) is 20.3. The molecule has 4 rings (SSSR count). The summed E-state index contributed by atoms with van der Waals surface area (Å²) < 4.78 is 17.3. The zero-order valence-corrected chi connectivity index (χ0v) is 24.7. The third kappa shape index (κ3) is 7.78. The van der Waals surface area contributed by atoms with Gasteiger partial charge in [0.15, 0.2) is 6.10 Å². The van der Waals surface area contributed by atoms with Crippen molar-refractivity contribution in [2.75, 3.05) is 13.7 Å². The molecule has 0 radical (unpaired) electrons. The molecule has 4 atom stereocenters. The number of hydrogen-bond acceptors (Lipinski definition) is 8. The lowest BCUT2D eigenvalue weighted by atomic mass is 10.0. The van der Waals surface area contributed by atoms with Gasteiger partial charge < -0.3 is 30.0 Å². The molecule has 2 aliphatic rings. The maximum absolute atomic E-state index is 13.6. The van der Waals surface area contributed by atoms with Crippen LogP contribution in [0, 0.1) is 6.92 Å². The number of aryl methyl sites for hydroxylation is 1.